The predicted octanol–water partition coefficient (Wildman–Crippen LogP) is 3.70. The Hall–Kier alpha value is -0.643. The van der Waals surface area contributed by atoms with E-state index in [4.69, 9.17) is 9.53 Å². The molecule has 0 aliphatic rings. The molecule has 1 N–H and O–H groups in total. The molecule has 1 aromatic carbocycles. The third-order valence-corrected chi connectivity index (χ3v) is 3.86. The second kappa shape index (κ2) is 7.22. The minimum absolute atomic E-state index is 0.204. The van der Waals surface area contributed by atoms with Crippen LogP contribution in [-0.2, 0) is 10.8 Å². The Balaban J connectivity index is 2.84. The summed E-state index contributed by atoms with van der Waals surface area (Å²) >= 11 is 0. The van der Waals surface area contributed by atoms with Gasteiger partial charge in [-0.05, 0) is 42.5 Å². The standard InChI is InChI=1S/C16H28O2Si/c1-16(2,3)12-15(18-19(4)5)14-8-6-13(7-9-14)10-11-17/h6-9,15,17,19H,10-12H2,1-5H3. The highest BCUT2D eigenvalue weighted by molar-refractivity contribution is 6.48. The van der Waals surface area contributed by atoms with E-state index >= 15 is 0 Å². The zero-order valence-electron chi connectivity index (χ0n) is 12.9. The van der Waals surface area contributed by atoms with Crippen LogP contribution in [0.3, 0.4) is 0 Å². The summed E-state index contributed by atoms with van der Waals surface area (Å²) in [6, 6.07) is 8.51. The van der Waals surface area contributed by atoms with E-state index in [0.717, 1.165) is 12.8 Å². The fourth-order valence-electron chi connectivity index (χ4n) is 2.16. The summed E-state index contributed by atoms with van der Waals surface area (Å²) in [5.41, 5.74) is 2.71. The number of rotatable bonds is 6. The van der Waals surface area contributed by atoms with Crippen molar-refractivity contribution in [1.29, 1.82) is 0 Å². The minimum Gasteiger partial charge on any atom is -0.414 e. The second-order valence-electron chi connectivity index (χ2n) is 6.65. The topological polar surface area (TPSA) is 29.5 Å². The summed E-state index contributed by atoms with van der Waals surface area (Å²) in [6.45, 7) is 11.4. The molecule has 19 heavy (non-hydrogen) atoms. The van der Waals surface area contributed by atoms with Crippen molar-refractivity contribution in [3.8, 4) is 0 Å². The molecule has 0 saturated carbocycles. The molecule has 1 rings (SSSR count). The fourth-order valence-corrected chi connectivity index (χ4v) is 3.07. The minimum atomic E-state index is -1.05. The van der Waals surface area contributed by atoms with Crippen LogP contribution in [0.1, 0.15) is 44.4 Å². The Morgan fingerprint density at radius 2 is 1.74 bits per heavy atom. The lowest BCUT2D eigenvalue weighted by Gasteiger charge is -2.28. The van der Waals surface area contributed by atoms with E-state index in [1.165, 1.54) is 11.1 Å². The van der Waals surface area contributed by atoms with Gasteiger partial charge in [0, 0.05) is 6.61 Å². The maximum absolute atomic E-state index is 8.95. The predicted molar refractivity (Wildman–Crippen MR) is 84.0 cm³/mol. The molecule has 108 valence electrons. The third-order valence-electron chi connectivity index (χ3n) is 2.99. The molecule has 3 heteroatoms. The summed E-state index contributed by atoms with van der Waals surface area (Å²) in [5.74, 6) is 0. The summed E-state index contributed by atoms with van der Waals surface area (Å²) in [4.78, 5) is 0. The monoisotopic (exact) mass is 280 g/mol. The van der Waals surface area contributed by atoms with Gasteiger partial charge in [-0.3, -0.25) is 0 Å². The van der Waals surface area contributed by atoms with Crippen LogP contribution in [0.25, 0.3) is 0 Å². The lowest BCUT2D eigenvalue weighted by Crippen LogP contribution is -2.19. The molecule has 0 aliphatic heterocycles. The van der Waals surface area contributed by atoms with Crippen molar-refractivity contribution in [2.24, 2.45) is 5.41 Å². The van der Waals surface area contributed by atoms with Crippen molar-refractivity contribution in [2.75, 3.05) is 6.61 Å². The van der Waals surface area contributed by atoms with E-state index in [1.54, 1.807) is 0 Å². The second-order valence-corrected chi connectivity index (χ2v) is 9.02. The van der Waals surface area contributed by atoms with Gasteiger partial charge in [0.2, 0.25) is 0 Å². The number of aliphatic hydroxyl groups is 1. The summed E-state index contributed by atoms with van der Waals surface area (Å²) in [6.07, 6.45) is 1.97. The van der Waals surface area contributed by atoms with Gasteiger partial charge in [0.15, 0.2) is 9.04 Å². The molecule has 0 fully saturated rings. The Kier molecular flexibility index (Phi) is 6.24. The highest BCUT2D eigenvalue weighted by Crippen LogP contribution is 2.32. The molecule has 0 heterocycles. The van der Waals surface area contributed by atoms with Crippen LogP contribution in [0, 0.1) is 5.41 Å². The molecule has 0 spiro atoms. The normalized spacial score (nSPS) is 13.8. The summed E-state index contributed by atoms with van der Waals surface area (Å²) < 4.78 is 6.20. The number of benzene rings is 1. The molecule has 0 aromatic heterocycles. The van der Waals surface area contributed by atoms with Gasteiger partial charge in [0.25, 0.3) is 0 Å². The van der Waals surface area contributed by atoms with Gasteiger partial charge in [-0.15, -0.1) is 0 Å². The van der Waals surface area contributed by atoms with Crippen molar-refractivity contribution in [1.82, 2.24) is 0 Å². The molecule has 0 saturated heterocycles. The first-order valence-electron chi connectivity index (χ1n) is 7.17. The molecular formula is C16H28O2Si. The summed E-state index contributed by atoms with van der Waals surface area (Å²) in [5, 5.41) is 8.95. The lowest BCUT2D eigenvalue weighted by molar-refractivity contribution is 0.147. The average Bonchev–Trinajstić information content (AvgIpc) is 2.27. The largest absolute Gasteiger partial charge is 0.414 e. The Morgan fingerprint density at radius 3 is 2.16 bits per heavy atom. The first kappa shape index (κ1) is 16.4. The number of hydrogen-bond donors (Lipinski definition) is 1. The van der Waals surface area contributed by atoms with Crippen LogP contribution in [0.5, 0.6) is 0 Å². The maximum Gasteiger partial charge on any atom is 0.171 e. The maximum atomic E-state index is 8.95. The smallest absolute Gasteiger partial charge is 0.171 e. The van der Waals surface area contributed by atoms with Crippen LogP contribution >= 0.6 is 0 Å². The van der Waals surface area contributed by atoms with Crippen LogP contribution in [0.4, 0.5) is 0 Å². The van der Waals surface area contributed by atoms with Gasteiger partial charge in [-0.1, -0.05) is 45.0 Å². The molecule has 0 radical (unpaired) electrons. The van der Waals surface area contributed by atoms with E-state index in [-0.39, 0.29) is 18.1 Å². The van der Waals surface area contributed by atoms with Crippen molar-refractivity contribution < 1.29 is 9.53 Å². The molecule has 1 aromatic rings. The Morgan fingerprint density at radius 1 is 1.16 bits per heavy atom. The van der Waals surface area contributed by atoms with Crippen molar-refractivity contribution in [2.45, 2.75) is 52.8 Å². The fraction of sp³-hybridized carbons (Fsp3) is 0.625. The van der Waals surface area contributed by atoms with Crippen LogP contribution in [-0.4, -0.2) is 20.8 Å². The van der Waals surface area contributed by atoms with Crippen LogP contribution in [0.2, 0.25) is 13.1 Å². The van der Waals surface area contributed by atoms with Gasteiger partial charge < -0.3 is 9.53 Å². The SMILES string of the molecule is C[SiH](C)OC(CC(C)(C)C)c1ccc(CCO)cc1. The number of aliphatic hydroxyl groups excluding tert-OH is 1. The van der Waals surface area contributed by atoms with Gasteiger partial charge in [0.05, 0.1) is 6.10 Å². The zero-order valence-corrected chi connectivity index (χ0v) is 14.1. The molecule has 1 unspecified atom stereocenters. The van der Waals surface area contributed by atoms with E-state index in [9.17, 15) is 0 Å². The van der Waals surface area contributed by atoms with E-state index in [1.807, 2.05) is 0 Å². The van der Waals surface area contributed by atoms with Gasteiger partial charge in [-0.25, -0.2) is 0 Å². The van der Waals surface area contributed by atoms with Gasteiger partial charge in [0.1, 0.15) is 0 Å². The average molecular weight is 280 g/mol. The van der Waals surface area contributed by atoms with Crippen molar-refractivity contribution >= 4 is 9.04 Å². The van der Waals surface area contributed by atoms with Crippen molar-refractivity contribution in [3.05, 3.63) is 35.4 Å². The van der Waals surface area contributed by atoms with Crippen molar-refractivity contribution in [3.63, 3.8) is 0 Å². The van der Waals surface area contributed by atoms with Gasteiger partial charge >= 0.3 is 0 Å². The Labute approximate surface area is 119 Å². The third kappa shape index (κ3) is 6.37. The number of hydrogen-bond acceptors (Lipinski definition) is 2. The van der Waals surface area contributed by atoms with E-state index < -0.39 is 9.04 Å². The van der Waals surface area contributed by atoms with Gasteiger partial charge in [-0.2, -0.15) is 0 Å². The zero-order chi connectivity index (χ0) is 14.5. The summed E-state index contributed by atoms with van der Waals surface area (Å²) in [7, 11) is -1.05. The molecule has 0 aliphatic carbocycles. The van der Waals surface area contributed by atoms with E-state index in [2.05, 4.69) is 58.1 Å². The highest BCUT2D eigenvalue weighted by Gasteiger charge is 2.21. The quantitative estimate of drug-likeness (QED) is 0.805. The van der Waals surface area contributed by atoms with E-state index in [0.29, 0.717) is 0 Å². The molecule has 0 amide bonds. The molecule has 2 nitrogen and oxygen atoms in total. The highest BCUT2D eigenvalue weighted by atomic mass is 28.3. The molecule has 1 atom stereocenters. The van der Waals surface area contributed by atoms with Crippen LogP contribution < -0.4 is 0 Å². The van der Waals surface area contributed by atoms with Crippen LogP contribution in [0.15, 0.2) is 24.3 Å². The molecule has 0 bridgehead atoms. The first-order valence-corrected chi connectivity index (χ1v) is 9.95. The molecular weight excluding hydrogens is 252 g/mol. The lowest BCUT2D eigenvalue weighted by atomic mass is 9.87. The Bertz CT molecular complexity index is 365. The first-order chi connectivity index (χ1) is 8.81.